The van der Waals surface area contributed by atoms with Gasteiger partial charge in [0.15, 0.2) is 0 Å². The van der Waals surface area contributed by atoms with Crippen LogP contribution in [-0.2, 0) is 9.47 Å². The number of aliphatic hydroxyl groups excluding tert-OH is 3. The average molecular weight is 443 g/mol. The number of unbranched alkanes of at least 4 members (excludes halogenated alkanes) is 14. The molecule has 5 nitrogen and oxygen atoms in total. The molecule has 0 unspecified atom stereocenters. The standard InChI is InChI=1S/C26H50O5/c1-2-3-4-5-6-7-8-9-10-11-12-13-14-15-16-17-18-19-20-30-26-24(29)22-31-25(26)23(28)21-27/h11-12,23-29H,2-10,13-22H2,1H3/b12-11+/t23-,24+,25-,26-/m0/s1. The van der Waals surface area contributed by atoms with Crippen LogP contribution in [0.25, 0.3) is 0 Å². The molecular formula is C26H50O5. The summed E-state index contributed by atoms with van der Waals surface area (Å²) in [4.78, 5) is 0. The molecule has 0 saturated carbocycles. The third-order valence-electron chi connectivity index (χ3n) is 6.20. The summed E-state index contributed by atoms with van der Waals surface area (Å²) in [6, 6.07) is 0. The van der Waals surface area contributed by atoms with Crippen LogP contribution in [0, 0.1) is 0 Å². The van der Waals surface area contributed by atoms with E-state index >= 15 is 0 Å². The Hall–Kier alpha value is -0.460. The molecule has 31 heavy (non-hydrogen) atoms. The summed E-state index contributed by atoms with van der Waals surface area (Å²) < 4.78 is 11.1. The number of hydrogen-bond acceptors (Lipinski definition) is 5. The van der Waals surface area contributed by atoms with Crippen molar-refractivity contribution in [2.24, 2.45) is 0 Å². The molecule has 4 atom stereocenters. The Balaban J connectivity index is 1.84. The lowest BCUT2D eigenvalue weighted by Gasteiger charge is -2.23. The molecule has 1 aliphatic heterocycles. The fourth-order valence-electron chi connectivity index (χ4n) is 4.18. The van der Waals surface area contributed by atoms with E-state index in [-0.39, 0.29) is 13.2 Å². The van der Waals surface area contributed by atoms with Crippen LogP contribution in [0.15, 0.2) is 12.2 Å². The van der Waals surface area contributed by atoms with Gasteiger partial charge >= 0.3 is 0 Å². The second kappa shape index (κ2) is 20.2. The van der Waals surface area contributed by atoms with Crippen molar-refractivity contribution in [2.75, 3.05) is 19.8 Å². The van der Waals surface area contributed by atoms with E-state index in [4.69, 9.17) is 14.6 Å². The van der Waals surface area contributed by atoms with Crippen LogP contribution in [0.5, 0.6) is 0 Å². The minimum Gasteiger partial charge on any atom is -0.394 e. The maximum atomic E-state index is 9.91. The van der Waals surface area contributed by atoms with Crippen molar-refractivity contribution in [1.82, 2.24) is 0 Å². The highest BCUT2D eigenvalue weighted by atomic mass is 16.6. The zero-order valence-corrected chi connectivity index (χ0v) is 20.1. The minimum absolute atomic E-state index is 0.153. The Morgan fingerprint density at radius 2 is 1.35 bits per heavy atom. The first-order valence-corrected chi connectivity index (χ1v) is 13.1. The molecule has 0 aromatic heterocycles. The Labute approximate surface area is 191 Å². The lowest BCUT2D eigenvalue weighted by Crippen LogP contribution is -2.42. The molecule has 0 aliphatic carbocycles. The number of hydrogen-bond donors (Lipinski definition) is 3. The highest BCUT2D eigenvalue weighted by molar-refractivity contribution is 4.89. The summed E-state index contributed by atoms with van der Waals surface area (Å²) in [7, 11) is 0. The van der Waals surface area contributed by atoms with E-state index in [0.29, 0.717) is 6.61 Å². The summed E-state index contributed by atoms with van der Waals surface area (Å²) in [5.41, 5.74) is 0. The van der Waals surface area contributed by atoms with Gasteiger partial charge in [0.25, 0.3) is 0 Å². The van der Waals surface area contributed by atoms with Crippen molar-refractivity contribution in [2.45, 2.75) is 134 Å². The van der Waals surface area contributed by atoms with Crippen molar-refractivity contribution in [1.29, 1.82) is 0 Å². The van der Waals surface area contributed by atoms with Crippen molar-refractivity contribution in [3.8, 4) is 0 Å². The van der Waals surface area contributed by atoms with Crippen molar-refractivity contribution >= 4 is 0 Å². The Bertz CT molecular complexity index is 415. The van der Waals surface area contributed by atoms with Crippen molar-refractivity contribution in [3.63, 3.8) is 0 Å². The van der Waals surface area contributed by atoms with Gasteiger partial charge in [-0.05, 0) is 32.1 Å². The topological polar surface area (TPSA) is 79.2 Å². The second-order valence-corrected chi connectivity index (χ2v) is 9.10. The molecule has 0 aromatic carbocycles. The molecule has 0 amide bonds. The first kappa shape index (κ1) is 28.6. The summed E-state index contributed by atoms with van der Waals surface area (Å²) in [5, 5.41) is 28.7. The normalized spacial score (nSPS) is 22.5. The quantitative estimate of drug-likeness (QED) is 0.166. The van der Waals surface area contributed by atoms with Gasteiger partial charge in [0.1, 0.15) is 24.4 Å². The minimum atomic E-state index is -1.00. The van der Waals surface area contributed by atoms with Crippen LogP contribution in [0.3, 0.4) is 0 Å². The maximum absolute atomic E-state index is 9.91. The van der Waals surface area contributed by atoms with E-state index in [9.17, 15) is 10.2 Å². The van der Waals surface area contributed by atoms with E-state index in [1.807, 2.05) is 0 Å². The highest BCUT2D eigenvalue weighted by Gasteiger charge is 2.40. The smallest absolute Gasteiger partial charge is 0.114 e. The summed E-state index contributed by atoms with van der Waals surface area (Å²) in [6.07, 6.45) is 22.5. The molecular weight excluding hydrogens is 392 g/mol. The highest BCUT2D eigenvalue weighted by Crippen LogP contribution is 2.21. The van der Waals surface area contributed by atoms with Gasteiger partial charge in [-0.15, -0.1) is 0 Å². The van der Waals surface area contributed by atoms with Gasteiger partial charge in [-0.25, -0.2) is 0 Å². The SMILES string of the molecule is CCCCCCCCCC/C=C/CCCCCCCCO[C@@H]1[C@H]([C@@H](O)CO)OC[C@H]1O. The van der Waals surface area contributed by atoms with Gasteiger partial charge in [-0.2, -0.15) is 0 Å². The van der Waals surface area contributed by atoms with Gasteiger partial charge < -0.3 is 24.8 Å². The molecule has 1 rings (SSSR count). The first-order valence-electron chi connectivity index (χ1n) is 13.1. The van der Waals surface area contributed by atoms with Crippen molar-refractivity contribution in [3.05, 3.63) is 12.2 Å². The number of allylic oxidation sites excluding steroid dienone is 2. The molecule has 1 heterocycles. The first-order chi connectivity index (χ1) is 15.2. The van der Waals surface area contributed by atoms with E-state index in [0.717, 1.165) is 12.8 Å². The Morgan fingerprint density at radius 1 is 0.839 bits per heavy atom. The summed E-state index contributed by atoms with van der Waals surface area (Å²) in [5.74, 6) is 0. The zero-order valence-electron chi connectivity index (χ0n) is 20.1. The van der Waals surface area contributed by atoms with Crippen LogP contribution in [0.2, 0.25) is 0 Å². The van der Waals surface area contributed by atoms with Crippen LogP contribution in [-0.4, -0.2) is 59.6 Å². The summed E-state index contributed by atoms with van der Waals surface area (Å²) in [6.45, 7) is 2.60. The molecule has 0 radical (unpaired) electrons. The Kier molecular flexibility index (Phi) is 18.6. The largest absolute Gasteiger partial charge is 0.394 e. The second-order valence-electron chi connectivity index (χ2n) is 9.10. The van der Waals surface area contributed by atoms with Crippen LogP contribution < -0.4 is 0 Å². The fraction of sp³-hybridized carbons (Fsp3) is 0.923. The predicted molar refractivity (Wildman–Crippen MR) is 127 cm³/mol. The summed E-state index contributed by atoms with van der Waals surface area (Å²) >= 11 is 0. The Morgan fingerprint density at radius 3 is 1.90 bits per heavy atom. The fourth-order valence-corrected chi connectivity index (χ4v) is 4.18. The predicted octanol–water partition coefficient (Wildman–Crippen LogP) is 5.30. The van der Waals surface area contributed by atoms with E-state index in [1.54, 1.807) is 0 Å². The molecule has 1 fully saturated rings. The van der Waals surface area contributed by atoms with Crippen LogP contribution in [0.4, 0.5) is 0 Å². The molecule has 184 valence electrons. The maximum Gasteiger partial charge on any atom is 0.114 e. The van der Waals surface area contributed by atoms with E-state index in [1.165, 1.54) is 89.9 Å². The molecule has 3 N–H and O–H groups in total. The number of rotatable bonds is 21. The molecule has 0 bridgehead atoms. The lowest BCUT2D eigenvalue weighted by molar-refractivity contribution is -0.0938. The average Bonchev–Trinajstić information content (AvgIpc) is 3.15. The van der Waals surface area contributed by atoms with Gasteiger partial charge in [-0.1, -0.05) is 89.7 Å². The third-order valence-corrected chi connectivity index (χ3v) is 6.20. The van der Waals surface area contributed by atoms with Gasteiger partial charge in [-0.3, -0.25) is 0 Å². The monoisotopic (exact) mass is 442 g/mol. The molecule has 0 aromatic rings. The third kappa shape index (κ3) is 14.3. The van der Waals surface area contributed by atoms with Crippen LogP contribution >= 0.6 is 0 Å². The number of aliphatic hydroxyl groups is 3. The van der Waals surface area contributed by atoms with Crippen LogP contribution in [0.1, 0.15) is 110 Å². The van der Waals surface area contributed by atoms with Gasteiger partial charge in [0.2, 0.25) is 0 Å². The molecule has 5 heteroatoms. The molecule has 1 saturated heterocycles. The van der Waals surface area contributed by atoms with Crippen molar-refractivity contribution < 1.29 is 24.8 Å². The molecule has 0 spiro atoms. The lowest BCUT2D eigenvalue weighted by atomic mass is 10.1. The van der Waals surface area contributed by atoms with E-state index < -0.39 is 24.4 Å². The van der Waals surface area contributed by atoms with E-state index in [2.05, 4.69) is 19.1 Å². The van der Waals surface area contributed by atoms with Gasteiger partial charge in [0, 0.05) is 6.61 Å². The zero-order chi connectivity index (χ0) is 22.6. The number of ether oxygens (including phenoxy) is 2. The molecule has 1 aliphatic rings. The van der Waals surface area contributed by atoms with Gasteiger partial charge in [0.05, 0.1) is 13.2 Å².